The number of nitrogens with zero attached hydrogens (tertiary/aromatic N) is 2. The van der Waals surface area contributed by atoms with E-state index in [1.807, 2.05) is 83.5 Å². The van der Waals surface area contributed by atoms with E-state index in [0.717, 1.165) is 20.7 Å². The van der Waals surface area contributed by atoms with Gasteiger partial charge in [0, 0.05) is 11.1 Å². The first kappa shape index (κ1) is 13.7. The smallest absolute Gasteiger partial charge is 0.166 e. The minimum Gasteiger partial charge on any atom is -0.221 e. The molecule has 0 aliphatic rings. The van der Waals surface area contributed by atoms with Gasteiger partial charge in [-0.25, -0.2) is 4.99 Å². The van der Waals surface area contributed by atoms with Crippen molar-refractivity contribution in [2.75, 3.05) is 0 Å². The van der Waals surface area contributed by atoms with E-state index >= 15 is 0 Å². The van der Waals surface area contributed by atoms with Gasteiger partial charge in [0.15, 0.2) is 5.84 Å². The van der Waals surface area contributed by atoms with E-state index in [4.69, 9.17) is 0 Å². The van der Waals surface area contributed by atoms with Crippen molar-refractivity contribution >= 4 is 55.0 Å². The van der Waals surface area contributed by atoms with Crippen LogP contribution in [0.15, 0.2) is 68.9 Å². The van der Waals surface area contributed by atoms with Crippen molar-refractivity contribution in [1.82, 2.24) is 0 Å². The molecule has 0 saturated carbocycles. The van der Waals surface area contributed by atoms with E-state index in [1.165, 1.54) is 0 Å². The average molecular weight is 460 g/mol. The largest absolute Gasteiger partial charge is 0.221 e. The third kappa shape index (κ3) is 3.61. The summed E-state index contributed by atoms with van der Waals surface area (Å²) < 4.78 is 5.16. The number of rotatable bonds is 2. The van der Waals surface area contributed by atoms with Gasteiger partial charge in [0.05, 0.1) is 22.9 Å². The van der Waals surface area contributed by atoms with Crippen molar-refractivity contribution in [2.24, 2.45) is 8.20 Å². The zero-order chi connectivity index (χ0) is 12.8. The van der Waals surface area contributed by atoms with Gasteiger partial charge < -0.3 is 0 Å². The van der Waals surface area contributed by atoms with Gasteiger partial charge in [-0.3, -0.25) is 0 Å². The van der Waals surface area contributed by atoms with Crippen molar-refractivity contribution < 1.29 is 0 Å². The number of hydrogen-bond acceptors (Lipinski definition) is 1. The zero-order valence-electron chi connectivity index (χ0n) is 9.42. The van der Waals surface area contributed by atoms with Crippen LogP contribution in [0.1, 0.15) is 11.1 Å². The van der Waals surface area contributed by atoms with Crippen LogP contribution in [0, 0.1) is 0 Å². The van der Waals surface area contributed by atoms with Crippen molar-refractivity contribution in [2.45, 2.75) is 0 Å². The van der Waals surface area contributed by atoms with Crippen LogP contribution < -0.4 is 0 Å². The fraction of sp³-hybridized carbons (Fsp3) is 0. The Morgan fingerprint density at radius 3 is 1.78 bits per heavy atom. The summed E-state index contributed by atoms with van der Waals surface area (Å²) >= 11 is 4.22. The lowest BCUT2D eigenvalue weighted by Gasteiger charge is -2.02. The Labute approximate surface area is 134 Å². The lowest BCUT2D eigenvalue weighted by atomic mass is 10.2. The van der Waals surface area contributed by atoms with E-state index in [1.54, 1.807) is 0 Å². The summed E-state index contributed by atoms with van der Waals surface area (Å²) in [5, 5.41) is 0. The van der Waals surface area contributed by atoms with Crippen LogP contribution in [0.3, 0.4) is 0 Å². The zero-order valence-corrected chi connectivity index (χ0v) is 13.7. The van der Waals surface area contributed by atoms with Gasteiger partial charge in [-0.2, -0.15) is 3.21 Å². The van der Waals surface area contributed by atoms with E-state index in [9.17, 15) is 0 Å². The van der Waals surface area contributed by atoms with Gasteiger partial charge in [-0.1, -0.05) is 60.7 Å². The molecular formula is C14H10I2N2. The van der Waals surface area contributed by atoms with Gasteiger partial charge in [-0.05, 0) is 22.6 Å². The molecule has 0 unspecified atom stereocenters. The second-order valence-electron chi connectivity index (χ2n) is 3.54. The molecule has 0 saturated heterocycles. The molecule has 2 rings (SSSR count). The van der Waals surface area contributed by atoms with Crippen LogP contribution in [0.4, 0.5) is 0 Å². The molecule has 2 aromatic rings. The second-order valence-corrected chi connectivity index (χ2v) is 5.05. The first-order valence-corrected chi connectivity index (χ1v) is 7.39. The Morgan fingerprint density at radius 1 is 0.778 bits per heavy atom. The predicted molar refractivity (Wildman–Crippen MR) is 94.0 cm³/mol. The van der Waals surface area contributed by atoms with E-state index in [-0.39, 0.29) is 0 Å². The van der Waals surface area contributed by atoms with Crippen molar-refractivity contribution in [3.63, 3.8) is 0 Å². The minimum absolute atomic E-state index is 0.740. The second kappa shape index (κ2) is 6.98. The standard InChI is InChI=1S/C14H10I2N2/c15-13(11-7-3-1-4-8-11)17-14(18-16)12-9-5-2-6-10-12/h1-10H/b17-13?,18-14-. The molecule has 0 amide bonds. The topological polar surface area (TPSA) is 24.7 Å². The lowest BCUT2D eigenvalue weighted by molar-refractivity contribution is 1.56. The highest BCUT2D eigenvalue weighted by molar-refractivity contribution is 14.1. The summed E-state index contributed by atoms with van der Waals surface area (Å²) in [4.78, 5) is 4.58. The SMILES string of the molecule is I/N=C(\N=C(I)c1ccccc1)c1ccccc1. The Hall–Kier alpha value is -0.760. The normalized spacial score (nSPS) is 12.6. The number of halogens is 2. The van der Waals surface area contributed by atoms with Crippen molar-refractivity contribution in [1.29, 1.82) is 0 Å². The van der Waals surface area contributed by atoms with Crippen LogP contribution >= 0.6 is 45.5 Å². The average Bonchev–Trinajstić information content (AvgIpc) is 2.46. The molecule has 0 aromatic heterocycles. The lowest BCUT2D eigenvalue weighted by Crippen LogP contribution is -2.00. The fourth-order valence-corrected chi connectivity index (χ4v) is 2.43. The highest BCUT2D eigenvalue weighted by Crippen LogP contribution is 2.11. The van der Waals surface area contributed by atoms with Crippen LogP contribution in [0.25, 0.3) is 0 Å². The Kier molecular flexibility index (Phi) is 5.30. The van der Waals surface area contributed by atoms with E-state index < -0.39 is 0 Å². The van der Waals surface area contributed by atoms with Gasteiger partial charge in [-0.15, -0.1) is 0 Å². The summed E-state index contributed by atoms with van der Waals surface area (Å²) in [6, 6.07) is 20.1. The Balaban J connectivity index is 2.32. The van der Waals surface area contributed by atoms with Gasteiger partial charge >= 0.3 is 0 Å². The molecule has 0 aliphatic heterocycles. The van der Waals surface area contributed by atoms with E-state index in [2.05, 4.69) is 30.8 Å². The molecule has 18 heavy (non-hydrogen) atoms. The van der Waals surface area contributed by atoms with Crippen LogP contribution in [0.2, 0.25) is 0 Å². The maximum Gasteiger partial charge on any atom is 0.166 e. The third-order valence-electron chi connectivity index (χ3n) is 2.33. The summed E-state index contributed by atoms with van der Waals surface area (Å²) in [7, 11) is 0. The number of aliphatic imine (C=N–C) groups is 1. The molecule has 0 N–H and O–H groups in total. The van der Waals surface area contributed by atoms with Crippen molar-refractivity contribution in [3.05, 3.63) is 71.8 Å². The molecule has 4 heteroatoms. The highest BCUT2D eigenvalue weighted by atomic mass is 127. The highest BCUT2D eigenvalue weighted by Gasteiger charge is 2.03. The van der Waals surface area contributed by atoms with Gasteiger partial charge in [0.1, 0.15) is 3.72 Å². The Morgan fingerprint density at radius 2 is 1.28 bits per heavy atom. The fourth-order valence-electron chi connectivity index (χ4n) is 1.45. The summed E-state index contributed by atoms with van der Waals surface area (Å²) in [6.07, 6.45) is 0. The molecule has 2 aromatic carbocycles. The number of amidine groups is 1. The van der Waals surface area contributed by atoms with Crippen LogP contribution in [-0.4, -0.2) is 9.55 Å². The van der Waals surface area contributed by atoms with Crippen LogP contribution in [-0.2, 0) is 0 Å². The molecule has 0 heterocycles. The molecule has 0 aliphatic carbocycles. The quantitative estimate of drug-likeness (QED) is 0.354. The van der Waals surface area contributed by atoms with Crippen LogP contribution in [0.5, 0.6) is 0 Å². The molecule has 0 radical (unpaired) electrons. The Bertz CT molecular complexity index is 563. The molecule has 2 nitrogen and oxygen atoms in total. The summed E-state index contributed by atoms with van der Waals surface area (Å²) in [5.74, 6) is 0.740. The monoisotopic (exact) mass is 460 g/mol. The maximum atomic E-state index is 4.58. The van der Waals surface area contributed by atoms with Gasteiger partial charge in [0.25, 0.3) is 0 Å². The van der Waals surface area contributed by atoms with Gasteiger partial charge in [0.2, 0.25) is 0 Å². The number of hydrogen-bond donors (Lipinski definition) is 0. The molecule has 0 atom stereocenters. The van der Waals surface area contributed by atoms with E-state index in [0.29, 0.717) is 0 Å². The summed E-state index contributed by atoms with van der Waals surface area (Å²) in [5.41, 5.74) is 2.13. The molecule has 0 spiro atoms. The maximum absolute atomic E-state index is 4.58. The number of benzene rings is 2. The third-order valence-corrected chi connectivity index (χ3v) is 3.65. The summed E-state index contributed by atoms with van der Waals surface area (Å²) in [6.45, 7) is 0. The first-order valence-electron chi connectivity index (χ1n) is 5.35. The molecule has 0 bridgehead atoms. The van der Waals surface area contributed by atoms with Crippen molar-refractivity contribution in [3.8, 4) is 0 Å². The molecule has 90 valence electrons. The predicted octanol–water partition coefficient (Wildman–Crippen LogP) is 4.67. The molecule has 0 fully saturated rings. The molecular weight excluding hydrogens is 450 g/mol. The first-order chi connectivity index (χ1) is 8.81. The minimum atomic E-state index is 0.740.